The van der Waals surface area contributed by atoms with Crippen LogP contribution in [0, 0.1) is 6.92 Å². The van der Waals surface area contributed by atoms with E-state index in [-0.39, 0.29) is 0 Å². The number of rotatable bonds is 4. The zero-order chi connectivity index (χ0) is 13.1. The first-order chi connectivity index (χ1) is 8.61. The van der Waals surface area contributed by atoms with Crippen LogP contribution in [0.5, 0.6) is 5.75 Å². The fourth-order valence-corrected chi connectivity index (χ4v) is 2.48. The van der Waals surface area contributed by atoms with Crippen molar-refractivity contribution in [3.05, 3.63) is 29.6 Å². The molecule has 5 nitrogen and oxygen atoms in total. The van der Waals surface area contributed by atoms with Crippen molar-refractivity contribution in [1.82, 2.24) is 14.8 Å². The van der Waals surface area contributed by atoms with E-state index in [2.05, 4.69) is 10.2 Å². The Morgan fingerprint density at radius 3 is 2.78 bits per heavy atom. The van der Waals surface area contributed by atoms with Crippen LogP contribution >= 0.6 is 11.8 Å². The minimum Gasteiger partial charge on any atom is -0.496 e. The molecular formula is C12H16N4OS. The first-order valence-corrected chi connectivity index (χ1v) is 6.51. The van der Waals surface area contributed by atoms with E-state index in [0.717, 1.165) is 28.0 Å². The van der Waals surface area contributed by atoms with Crippen molar-refractivity contribution in [1.29, 1.82) is 0 Å². The standard InChI is InChI=1S/C12H16N4OS/c1-8-14-15-12(16(8)2)18-7-9-4-5-10(13)6-11(9)17-3/h4-6H,7,13H2,1-3H3. The summed E-state index contributed by atoms with van der Waals surface area (Å²) < 4.78 is 7.28. The van der Waals surface area contributed by atoms with Crippen molar-refractivity contribution in [3.63, 3.8) is 0 Å². The Kier molecular flexibility index (Phi) is 3.76. The summed E-state index contributed by atoms with van der Waals surface area (Å²) in [6.07, 6.45) is 0. The van der Waals surface area contributed by atoms with E-state index >= 15 is 0 Å². The predicted octanol–water partition coefficient (Wildman–Crippen LogP) is 2.01. The van der Waals surface area contributed by atoms with Crippen LogP contribution in [0.1, 0.15) is 11.4 Å². The van der Waals surface area contributed by atoms with Gasteiger partial charge in [-0.15, -0.1) is 10.2 Å². The van der Waals surface area contributed by atoms with Crippen LogP contribution in [-0.2, 0) is 12.8 Å². The summed E-state index contributed by atoms with van der Waals surface area (Å²) in [5, 5.41) is 9.03. The second-order valence-corrected chi connectivity index (χ2v) is 4.89. The van der Waals surface area contributed by atoms with Gasteiger partial charge in [-0.1, -0.05) is 17.8 Å². The molecule has 0 bridgehead atoms. The Bertz CT molecular complexity index is 553. The third kappa shape index (κ3) is 2.59. The zero-order valence-electron chi connectivity index (χ0n) is 10.7. The monoisotopic (exact) mass is 264 g/mol. The molecule has 0 atom stereocenters. The fraction of sp³-hybridized carbons (Fsp3) is 0.333. The smallest absolute Gasteiger partial charge is 0.191 e. The Balaban J connectivity index is 2.13. The summed E-state index contributed by atoms with van der Waals surface area (Å²) >= 11 is 1.62. The van der Waals surface area contributed by atoms with Crippen LogP contribution in [0.2, 0.25) is 0 Å². The van der Waals surface area contributed by atoms with Gasteiger partial charge in [-0.3, -0.25) is 0 Å². The number of nitrogen functional groups attached to an aromatic ring is 1. The van der Waals surface area contributed by atoms with Gasteiger partial charge in [0.15, 0.2) is 5.16 Å². The molecule has 0 fully saturated rings. The van der Waals surface area contributed by atoms with Crippen molar-refractivity contribution < 1.29 is 4.74 Å². The molecule has 18 heavy (non-hydrogen) atoms. The number of aromatic nitrogens is 3. The number of hydrogen-bond donors (Lipinski definition) is 1. The number of aryl methyl sites for hydroxylation is 1. The van der Waals surface area contributed by atoms with E-state index in [1.54, 1.807) is 18.9 Å². The molecule has 6 heteroatoms. The van der Waals surface area contributed by atoms with Crippen LogP contribution in [0.3, 0.4) is 0 Å². The molecule has 0 aliphatic carbocycles. The summed E-state index contributed by atoms with van der Waals surface area (Å²) in [5.41, 5.74) is 7.52. The number of ether oxygens (including phenoxy) is 1. The first kappa shape index (κ1) is 12.8. The lowest BCUT2D eigenvalue weighted by molar-refractivity contribution is 0.411. The van der Waals surface area contributed by atoms with Gasteiger partial charge in [0.1, 0.15) is 11.6 Å². The van der Waals surface area contributed by atoms with Crippen molar-refractivity contribution in [2.24, 2.45) is 7.05 Å². The van der Waals surface area contributed by atoms with Gasteiger partial charge in [0.2, 0.25) is 0 Å². The summed E-state index contributed by atoms with van der Waals surface area (Å²) in [4.78, 5) is 0. The van der Waals surface area contributed by atoms with Gasteiger partial charge >= 0.3 is 0 Å². The number of methoxy groups -OCH3 is 1. The lowest BCUT2D eigenvalue weighted by Gasteiger charge is -2.08. The summed E-state index contributed by atoms with van der Waals surface area (Å²) in [7, 11) is 3.60. The van der Waals surface area contributed by atoms with Gasteiger partial charge < -0.3 is 15.0 Å². The Morgan fingerprint density at radius 1 is 1.39 bits per heavy atom. The van der Waals surface area contributed by atoms with Crippen molar-refractivity contribution in [3.8, 4) is 5.75 Å². The quantitative estimate of drug-likeness (QED) is 0.676. The highest BCUT2D eigenvalue weighted by molar-refractivity contribution is 7.98. The maximum absolute atomic E-state index is 5.72. The zero-order valence-corrected chi connectivity index (χ0v) is 11.5. The normalized spacial score (nSPS) is 10.6. The van der Waals surface area contributed by atoms with E-state index in [1.165, 1.54) is 0 Å². The SMILES string of the molecule is COc1cc(N)ccc1CSc1nnc(C)n1C. The Hall–Kier alpha value is -1.69. The number of thioether (sulfide) groups is 1. The van der Waals surface area contributed by atoms with Gasteiger partial charge in [0.05, 0.1) is 7.11 Å². The maximum atomic E-state index is 5.72. The molecule has 0 aliphatic rings. The Labute approximate surface area is 110 Å². The molecule has 2 N–H and O–H groups in total. The molecule has 2 rings (SSSR count). The predicted molar refractivity (Wildman–Crippen MR) is 72.7 cm³/mol. The molecule has 0 spiro atoms. The molecular weight excluding hydrogens is 248 g/mol. The van der Waals surface area contributed by atoms with Gasteiger partial charge in [-0.2, -0.15) is 0 Å². The van der Waals surface area contributed by atoms with E-state index < -0.39 is 0 Å². The summed E-state index contributed by atoms with van der Waals surface area (Å²) in [6, 6.07) is 5.68. The van der Waals surface area contributed by atoms with E-state index in [1.807, 2.05) is 36.7 Å². The van der Waals surface area contributed by atoms with Crippen LogP contribution in [0.15, 0.2) is 23.4 Å². The molecule has 0 saturated heterocycles. The molecule has 1 aromatic heterocycles. The summed E-state index contributed by atoms with van der Waals surface area (Å²) in [5.74, 6) is 2.48. The van der Waals surface area contributed by atoms with Crippen LogP contribution in [-0.4, -0.2) is 21.9 Å². The van der Waals surface area contributed by atoms with Crippen molar-refractivity contribution in [2.45, 2.75) is 17.8 Å². The highest BCUT2D eigenvalue weighted by Crippen LogP contribution is 2.28. The molecule has 0 aliphatic heterocycles. The van der Waals surface area contributed by atoms with Gasteiger partial charge in [-0.25, -0.2) is 0 Å². The number of hydrogen-bond acceptors (Lipinski definition) is 5. The molecule has 0 amide bonds. The number of nitrogens with two attached hydrogens (primary N) is 1. The van der Waals surface area contributed by atoms with E-state index in [4.69, 9.17) is 10.5 Å². The highest BCUT2D eigenvalue weighted by atomic mass is 32.2. The maximum Gasteiger partial charge on any atom is 0.191 e. The number of benzene rings is 1. The van der Waals surface area contributed by atoms with Gasteiger partial charge in [0, 0.05) is 30.1 Å². The average Bonchev–Trinajstić information content (AvgIpc) is 2.68. The number of anilines is 1. The highest BCUT2D eigenvalue weighted by Gasteiger charge is 2.08. The van der Waals surface area contributed by atoms with Crippen molar-refractivity contribution in [2.75, 3.05) is 12.8 Å². The minimum absolute atomic E-state index is 0.704. The van der Waals surface area contributed by atoms with Crippen LogP contribution < -0.4 is 10.5 Å². The third-order valence-electron chi connectivity index (χ3n) is 2.72. The van der Waals surface area contributed by atoms with Crippen LogP contribution in [0.4, 0.5) is 5.69 Å². The molecule has 2 aromatic rings. The second-order valence-electron chi connectivity index (χ2n) is 3.95. The minimum atomic E-state index is 0.704. The lowest BCUT2D eigenvalue weighted by Crippen LogP contribution is -1.96. The Morgan fingerprint density at radius 2 is 2.17 bits per heavy atom. The van der Waals surface area contributed by atoms with Crippen molar-refractivity contribution >= 4 is 17.4 Å². The molecule has 0 unspecified atom stereocenters. The van der Waals surface area contributed by atoms with Crippen LogP contribution in [0.25, 0.3) is 0 Å². The van der Waals surface area contributed by atoms with Gasteiger partial charge in [0.25, 0.3) is 0 Å². The molecule has 0 radical (unpaired) electrons. The topological polar surface area (TPSA) is 66.0 Å². The molecule has 96 valence electrons. The molecule has 1 heterocycles. The second kappa shape index (κ2) is 5.30. The average molecular weight is 264 g/mol. The summed E-state index contributed by atoms with van der Waals surface area (Å²) in [6.45, 7) is 1.93. The van der Waals surface area contributed by atoms with Gasteiger partial charge in [-0.05, 0) is 13.0 Å². The first-order valence-electron chi connectivity index (χ1n) is 5.53. The van der Waals surface area contributed by atoms with E-state index in [9.17, 15) is 0 Å². The lowest BCUT2D eigenvalue weighted by atomic mass is 10.2. The third-order valence-corrected chi connectivity index (χ3v) is 3.79. The largest absolute Gasteiger partial charge is 0.496 e. The fourth-order valence-electron chi connectivity index (χ4n) is 1.54. The molecule has 0 saturated carbocycles. The number of nitrogens with zero attached hydrogens (tertiary/aromatic N) is 3. The van der Waals surface area contributed by atoms with E-state index in [0.29, 0.717) is 5.69 Å². The molecule has 1 aromatic carbocycles.